The predicted octanol–water partition coefficient (Wildman–Crippen LogP) is 2.40. The third-order valence-electron chi connectivity index (χ3n) is 2.31. The molecule has 3 heteroatoms. The molecule has 0 amide bonds. The van der Waals surface area contributed by atoms with Gasteiger partial charge in [-0.1, -0.05) is 12.1 Å². The first-order valence-corrected chi connectivity index (χ1v) is 4.73. The molecule has 2 atom stereocenters. The summed E-state index contributed by atoms with van der Waals surface area (Å²) < 4.78 is 13.6. The molecule has 0 aliphatic heterocycles. The zero-order valence-corrected chi connectivity index (χ0v) is 8.50. The quantitative estimate of drug-likeness (QED) is 0.776. The molecule has 78 valence electrons. The van der Waals surface area contributed by atoms with Crippen LogP contribution in [0.25, 0.3) is 0 Å². The van der Waals surface area contributed by atoms with E-state index in [-0.39, 0.29) is 11.8 Å². The maximum Gasteiger partial charge on any atom is 0.127 e. The van der Waals surface area contributed by atoms with Crippen LogP contribution in [0.3, 0.4) is 0 Å². The molecular weight excluding hydrogens is 181 g/mol. The normalized spacial score (nSPS) is 15.1. The summed E-state index contributed by atoms with van der Waals surface area (Å²) in [7, 11) is 1.81. The predicted molar refractivity (Wildman–Crippen MR) is 55.1 cm³/mol. The Morgan fingerprint density at radius 1 is 1.36 bits per heavy atom. The summed E-state index contributed by atoms with van der Waals surface area (Å²) in [6.07, 6.45) is -0.528. The Morgan fingerprint density at radius 2 is 1.93 bits per heavy atom. The zero-order chi connectivity index (χ0) is 10.6. The summed E-state index contributed by atoms with van der Waals surface area (Å²) in [4.78, 5) is 0. The van der Waals surface area contributed by atoms with Gasteiger partial charge in [-0.3, -0.25) is 0 Å². The van der Waals surface area contributed by atoms with Crippen LogP contribution in [-0.4, -0.2) is 18.2 Å². The lowest BCUT2D eigenvalue weighted by Crippen LogP contribution is -2.22. The standard InChI is InChI=1S/C11H16FNO/c1-8(13-2)7-11(12)9-3-5-10(14)6-4-9/h3-6,8,11,13-14H,7H2,1-2H3. The highest BCUT2D eigenvalue weighted by Gasteiger charge is 2.12. The minimum Gasteiger partial charge on any atom is -0.508 e. The lowest BCUT2D eigenvalue weighted by atomic mass is 10.0. The molecule has 0 aliphatic carbocycles. The van der Waals surface area contributed by atoms with Crippen molar-refractivity contribution >= 4 is 0 Å². The van der Waals surface area contributed by atoms with Crippen LogP contribution in [0, 0.1) is 0 Å². The SMILES string of the molecule is CNC(C)CC(F)c1ccc(O)cc1. The van der Waals surface area contributed by atoms with Crippen molar-refractivity contribution in [2.75, 3.05) is 7.05 Å². The van der Waals surface area contributed by atoms with Crippen molar-refractivity contribution in [1.29, 1.82) is 0 Å². The second-order valence-electron chi connectivity index (χ2n) is 3.48. The van der Waals surface area contributed by atoms with Crippen molar-refractivity contribution < 1.29 is 9.50 Å². The zero-order valence-electron chi connectivity index (χ0n) is 8.50. The Hall–Kier alpha value is -1.09. The van der Waals surface area contributed by atoms with Crippen molar-refractivity contribution in [3.63, 3.8) is 0 Å². The van der Waals surface area contributed by atoms with E-state index >= 15 is 0 Å². The fourth-order valence-electron chi connectivity index (χ4n) is 1.25. The third kappa shape index (κ3) is 3.00. The fourth-order valence-corrected chi connectivity index (χ4v) is 1.25. The number of benzene rings is 1. The third-order valence-corrected chi connectivity index (χ3v) is 2.31. The van der Waals surface area contributed by atoms with E-state index in [2.05, 4.69) is 5.32 Å². The lowest BCUT2D eigenvalue weighted by Gasteiger charge is -2.14. The molecule has 2 unspecified atom stereocenters. The van der Waals surface area contributed by atoms with Crippen LogP contribution in [0.15, 0.2) is 24.3 Å². The Balaban J connectivity index is 2.60. The minimum absolute atomic E-state index is 0.152. The number of halogens is 1. The Kier molecular flexibility index (Phi) is 3.89. The van der Waals surface area contributed by atoms with Crippen LogP contribution in [0.2, 0.25) is 0 Å². The van der Waals surface area contributed by atoms with E-state index in [0.29, 0.717) is 12.0 Å². The van der Waals surface area contributed by atoms with Gasteiger partial charge in [-0.05, 0) is 38.1 Å². The molecule has 0 spiro atoms. The number of phenolic OH excluding ortho intramolecular Hbond substituents is 1. The molecule has 1 aromatic carbocycles. The minimum atomic E-state index is -0.974. The molecule has 1 aromatic rings. The maximum absolute atomic E-state index is 13.6. The smallest absolute Gasteiger partial charge is 0.127 e. The van der Waals surface area contributed by atoms with Crippen LogP contribution in [0.1, 0.15) is 25.1 Å². The number of phenols is 1. The van der Waals surface area contributed by atoms with Gasteiger partial charge in [0.15, 0.2) is 0 Å². The van der Waals surface area contributed by atoms with Gasteiger partial charge in [0.1, 0.15) is 11.9 Å². The van der Waals surface area contributed by atoms with Crippen molar-refractivity contribution in [2.45, 2.75) is 25.6 Å². The van der Waals surface area contributed by atoms with Crippen molar-refractivity contribution in [3.8, 4) is 5.75 Å². The molecule has 0 fully saturated rings. The average Bonchev–Trinajstić information content (AvgIpc) is 2.18. The molecule has 2 N–H and O–H groups in total. The van der Waals surface area contributed by atoms with Gasteiger partial charge in [0, 0.05) is 6.04 Å². The van der Waals surface area contributed by atoms with Crippen molar-refractivity contribution in [3.05, 3.63) is 29.8 Å². The second kappa shape index (κ2) is 4.96. The largest absolute Gasteiger partial charge is 0.508 e. The molecule has 0 heterocycles. The first kappa shape index (κ1) is 11.0. The monoisotopic (exact) mass is 197 g/mol. The van der Waals surface area contributed by atoms with Gasteiger partial charge >= 0.3 is 0 Å². The summed E-state index contributed by atoms with van der Waals surface area (Å²) >= 11 is 0. The first-order valence-electron chi connectivity index (χ1n) is 4.73. The molecule has 0 aromatic heterocycles. The number of alkyl halides is 1. The van der Waals surface area contributed by atoms with Gasteiger partial charge in [0.25, 0.3) is 0 Å². The van der Waals surface area contributed by atoms with E-state index in [9.17, 15) is 4.39 Å². The van der Waals surface area contributed by atoms with Gasteiger partial charge in [0.2, 0.25) is 0 Å². The topological polar surface area (TPSA) is 32.3 Å². The molecule has 14 heavy (non-hydrogen) atoms. The molecule has 2 nitrogen and oxygen atoms in total. The summed E-state index contributed by atoms with van der Waals surface area (Å²) in [5.74, 6) is 0.169. The van der Waals surface area contributed by atoms with Crippen LogP contribution in [0.4, 0.5) is 4.39 Å². The Labute approximate surface area is 83.8 Å². The Bertz CT molecular complexity index is 273. The number of rotatable bonds is 4. The van der Waals surface area contributed by atoms with E-state index in [1.54, 1.807) is 12.1 Å². The van der Waals surface area contributed by atoms with E-state index in [1.165, 1.54) is 12.1 Å². The summed E-state index contributed by atoms with van der Waals surface area (Å²) in [6.45, 7) is 1.94. The highest BCUT2D eigenvalue weighted by Crippen LogP contribution is 2.24. The molecule has 0 bridgehead atoms. The maximum atomic E-state index is 13.6. The van der Waals surface area contributed by atoms with Gasteiger partial charge in [-0.25, -0.2) is 4.39 Å². The van der Waals surface area contributed by atoms with Crippen LogP contribution >= 0.6 is 0 Å². The van der Waals surface area contributed by atoms with E-state index in [0.717, 1.165) is 0 Å². The van der Waals surface area contributed by atoms with Gasteiger partial charge in [0.05, 0.1) is 0 Å². The number of nitrogens with one attached hydrogen (secondary N) is 1. The summed E-state index contributed by atoms with van der Waals surface area (Å²) in [5, 5.41) is 12.0. The van der Waals surface area contributed by atoms with Crippen molar-refractivity contribution in [2.24, 2.45) is 0 Å². The molecule has 0 saturated heterocycles. The molecular formula is C11H16FNO. The van der Waals surface area contributed by atoms with E-state index in [4.69, 9.17) is 5.11 Å². The summed E-state index contributed by atoms with van der Waals surface area (Å²) in [5.41, 5.74) is 0.616. The first-order chi connectivity index (χ1) is 6.63. The molecule has 0 aliphatic rings. The van der Waals surface area contributed by atoms with Crippen molar-refractivity contribution in [1.82, 2.24) is 5.32 Å². The number of aromatic hydroxyl groups is 1. The fraction of sp³-hybridized carbons (Fsp3) is 0.455. The Morgan fingerprint density at radius 3 is 2.43 bits per heavy atom. The van der Waals surface area contributed by atoms with Gasteiger partial charge in [-0.15, -0.1) is 0 Å². The van der Waals surface area contributed by atoms with Crippen LogP contribution in [0.5, 0.6) is 5.75 Å². The number of hydrogen-bond donors (Lipinski definition) is 2. The van der Waals surface area contributed by atoms with Gasteiger partial charge < -0.3 is 10.4 Å². The molecule has 0 radical (unpaired) electrons. The second-order valence-corrected chi connectivity index (χ2v) is 3.48. The summed E-state index contributed by atoms with van der Waals surface area (Å²) in [6, 6.07) is 6.39. The number of hydrogen-bond acceptors (Lipinski definition) is 2. The highest BCUT2D eigenvalue weighted by molar-refractivity contribution is 5.27. The lowest BCUT2D eigenvalue weighted by molar-refractivity contribution is 0.295. The highest BCUT2D eigenvalue weighted by atomic mass is 19.1. The molecule has 1 rings (SSSR count). The van der Waals surface area contributed by atoms with Crippen LogP contribution < -0.4 is 5.32 Å². The van der Waals surface area contributed by atoms with E-state index in [1.807, 2.05) is 14.0 Å². The van der Waals surface area contributed by atoms with E-state index < -0.39 is 6.17 Å². The van der Waals surface area contributed by atoms with Gasteiger partial charge in [-0.2, -0.15) is 0 Å². The molecule has 0 saturated carbocycles. The average molecular weight is 197 g/mol. The van der Waals surface area contributed by atoms with Crippen LogP contribution in [-0.2, 0) is 0 Å².